The molecule has 3 N–H and O–H groups in total. The molecule has 0 radical (unpaired) electrons. The Kier molecular flexibility index (Phi) is 3.89. The molecule has 1 rings (SSSR count). The van der Waals surface area contributed by atoms with Crippen molar-refractivity contribution in [3.05, 3.63) is 16.5 Å². The van der Waals surface area contributed by atoms with Crippen molar-refractivity contribution in [2.24, 2.45) is 0 Å². The van der Waals surface area contributed by atoms with Gasteiger partial charge in [0.1, 0.15) is 4.88 Å². The largest absolute Gasteiger partial charge is 0.477 e. The molecule has 0 fully saturated rings. The van der Waals surface area contributed by atoms with Gasteiger partial charge in [-0.05, 0) is 32.4 Å². The molecule has 0 bridgehead atoms. The summed E-state index contributed by atoms with van der Waals surface area (Å²) in [5.41, 5.74) is 0.650. The fourth-order valence-corrected chi connectivity index (χ4v) is 2.07. The van der Waals surface area contributed by atoms with Gasteiger partial charge in [0.05, 0.1) is 5.00 Å². The fourth-order valence-electron chi connectivity index (χ4n) is 1.17. The second-order valence-electron chi connectivity index (χ2n) is 3.68. The predicted molar refractivity (Wildman–Crippen MR) is 63.3 cm³/mol. The summed E-state index contributed by atoms with van der Waals surface area (Å²) in [6.07, 6.45) is 0. The number of urea groups is 1. The average Bonchev–Trinajstić information content (AvgIpc) is 2.44. The average molecular weight is 242 g/mol. The van der Waals surface area contributed by atoms with E-state index in [0.29, 0.717) is 10.6 Å². The highest BCUT2D eigenvalue weighted by atomic mass is 32.1. The number of rotatable bonds is 3. The lowest BCUT2D eigenvalue weighted by Gasteiger charge is -2.08. The lowest BCUT2D eigenvalue weighted by atomic mass is 10.3. The van der Waals surface area contributed by atoms with E-state index in [0.717, 1.165) is 11.3 Å². The minimum Gasteiger partial charge on any atom is -0.477 e. The second kappa shape index (κ2) is 4.98. The number of carboxylic acids is 1. The van der Waals surface area contributed by atoms with E-state index in [4.69, 9.17) is 5.11 Å². The van der Waals surface area contributed by atoms with E-state index in [1.807, 2.05) is 13.8 Å². The number of carboxylic acid groups (broad SMARTS) is 1. The summed E-state index contributed by atoms with van der Waals surface area (Å²) >= 11 is 1.05. The van der Waals surface area contributed by atoms with Crippen LogP contribution in [-0.2, 0) is 0 Å². The zero-order chi connectivity index (χ0) is 12.3. The van der Waals surface area contributed by atoms with Crippen molar-refractivity contribution in [3.63, 3.8) is 0 Å². The van der Waals surface area contributed by atoms with Gasteiger partial charge in [-0.15, -0.1) is 11.3 Å². The highest BCUT2D eigenvalue weighted by molar-refractivity contribution is 7.18. The second-order valence-corrected chi connectivity index (χ2v) is 4.73. The molecule has 0 atom stereocenters. The van der Waals surface area contributed by atoms with Crippen molar-refractivity contribution in [1.29, 1.82) is 0 Å². The maximum Gasteiger partial charge on any atom is 0.346 e. The normalized spacial score (nSPS) is 10.2. The molecule has 6 heteroatoms. The van der Waals surface area contributed by atoms with Gasteiger partial charge in [-0.1, -0.05) is 0 Å². The van der Waals surface area contributed by atoms with Crippen molar-refractivity contribution < 1.29 is 14.7 Å². The molecular formula is C10H14N2O3S. The lowest BCUT2D eigenvalue weighted by Crippen LogP contribution is -2.33. The molecule has 2 amide bonds. The van der Waals surface area contributed by atoms with Crippen molar-refractivity contribution in [3.8, 4) is 0 Å². The molecule has 5 nitrogen and oxygen atoms in total. The van der Waals surface area contributed by atoms with E-state index in [2.05, 4.69) is 10.6 Å². The predicted octanol–water partition coefficient (Wildman–Crippen LogP) is 2.28. The van der Waals surface area contributed by atoms with Crippen molar-refractivity contribution in [2.45, 2.75) is 26.8 Å². The number of nitrogens with one attached hydrogen (secondary N) is 2. The van der Waals surface area contributed by atoms with Crippen LogP contribution in [0.1, 0.15) is 29.1 Å². The Morgan fingerprint density at radius 2 is 2.06 bits per heavy atom. The Bertz CT molecular complexity index is 412. The first-order valence-corrected chi connectivity index (χ1v) is 5.63. The molecular weight excluding hydrogens is 228 g/mol. The Hall–Kier alpha value is -1.56. The highest BCUT2D eigenvalue weighted by Crippen LogP contribution is 2.26. The van der Waals surface area contributed by atoms with Crippen LogP contribution in [0.15, 0.2) is 6.07 Å². The maximum atomic E-state index is 11.4. The molecule has 1 heterocycles. The van der Waals surface area contributed by atoms with Crippen LogP contribution in [-0.4, -0.2) is 23.1 Å². The fraction of sp³-hybridized carbons (Fsp3) is 0.400. The number of amides is 2. The van der Waals surface area contributed by atoms with Gasteiger partial charge < -0.3 is 10.4 Å². The van der Waals surface area contributed by atoms with E-state index >= 15 is 0 Å². The molecule has 0 spiro atoms. The van der Waals surface area contributed by atoms with E-state index in [9.17, 15) is 9.59 Å². The van der Waals surface area contributed by atoms with Gasteiger partial charge in [-0.25, -0.2) is 9.59 Å². The van der Waals surface area contributed by atoms with E-state index in [1.54, 1.807) is 13.0 Å². The standard InChI is InChI=1S/C10H14N2O3S/c1-5(2)11-10(15)12-7-4-6(3)8(16-7)9(13)14/h4-5H,1-3H3,(H,13,14)(H2,11,12,15). The summed E-state index contributed by atoms with van der Waals surface area (Å²) in [7, 11) is 0. The van der Waals surface area contributed by atoms with Gasteiger partial charge in [-0.3, -0.25) is 5.32 Å². The molecule has 0 saturated heterocycles. The summed E-state index contributed by atoms with van der Waals surface area (Å²) in [5, 5.41) is 14.6. The van der Waals surface area contributed by atoms with Crippen LogP contribution < -0.4 is 10.6 Å². The monoisotopic (exact) mass is 242 g/mol. The molecule has 0 aliphatic carbocycles. The van der Waals surface area contributed by atoms with Gasteiger partial charge >= 0.3 is 12.0 Å². The highest BCUT2D eigenvalue weighted by Gasteiger charge is 2.13. The zero-order valence-corrected chi connectivity index (χ0v) is 10.1. The van der Waals surface area contributed by atoms with Gasteiger partial charge in [0.15, 0.2) is 0 Å². The molecule has 0 aliphatic heterocycles. The van der Waals surface area contributed by atoms with Crippen LogP contribution in [0.2, 0.25) is 0 Å². The topological polar surface area (TPSA) is 78.4 Å². The number of hydrogen-bond donors (Lipinski definition) is 3. The molecule has 1 aromatic heterocycles. The number of carbonyl (C=O) groups excluding carboxylic acids is 1. The van der Waals surface area contributed by atoms with Crippen LogP contribution in [0.4, 0.5) is 9.80 Å². The minimum atomic E-state index is -0.972. The van der Waals surface area contributed by atoms with Crippen LogP contribution in [0.3, 0.4) is 0 Å². The minimum absolute atomic E-state index is 0.0417. The number of thiophene rings is 1. The third kappa shape index (κ3) is 3.23. The van der Waals surface area contributed by atoms with Crippen LogP contribution in [0.5, 0.6) is 0 Å². The third-order valence-electron chi connectivity index (χ3n) is 1.77. The molecule has 88 valence electrons. The Morgan fingerprint density at radius 3 is 2.50 bits per heavy atom. The van der Waals surface area contributed by atoms with E-state index < -0.39 is 5.97 Å². The summed E-state index contributed by atoms with van der Waals surface area (Å²) in [6, 6.07) is 1.36. The molecule has 0 unspecified atom stereocenters. The first-order valence-electron chi connectivity index (χ1n) is 4.81. The molecule has 0 saturated carbocycles. The summed E-state index contributed by atoms with van der Waals surface area (Å²) in [6.45, 7) is 5.40. The summed E-state index contributed by atoms with van der Waals surface area (Å²) in [4.78, 5) is 22.4. The lowest BCUT2D eigenvalue weighted by molar-refractivity contribution is 0.0701. The van der Waals surface area contributed by atoms with Gasteiger partial charge in [0.2, 0.25) is 0 Å². The quantitative estimate of drug-likeness (QED) is 0.760. The van der Waals surface area contributed by atoms with E-state index in [-0.39, 0.29) is 17.0 Å². The van der Waals surface area contributed by atoms with Crippen LogP contribution >= 0.6 is 11.3 Å². The summed E-state index contributed by atoms with van der Waals surface area (Å²) < 4.78 is 0. The zero-order valence-electron chi connectivity index (χ0n) is 9.33. The van der Waals surface area contributed by atoms with Crippen molar-refractivity contribution in [2.75, 3.05) is 5.32 Å². The number of hydrogen-bond acceptors (Lipinski definition) is 3. The number of carbonyl (C=O) groups is 2. The first kappa shape index (κ1) is 12.5. The number of aryl methyl sites for hydroxylation is 1. The number of anilines is 1. The molecule has 16 heavy (non-hydrogen) atoms. The number of aromatic carboxylic acids is 1. The smallest absolute Gasteiger partial charge is 0.346 e. The molecule has 0 aromatic carbocycles. The summed E-state index contributed by atoms with van der Waals surface area (Å²) in [5.74, 6) is -0.972. The van der Waals surface area contributed by atoms with Gasteiger partial charge in [-0.2, -0.15) is 0 Å². The van der Waals surface area contributed by atoms with Crippen LogP contribution in [0.25, 0.3) is 0 Å². The Morgan fingerprint density at radius 1 is 1.44 bits per heavy atom. The SMILES string of the molecule is Cc1cc(NC(=O)NC(C)C)sc1C(=O)O. The first-order chi connectivity index (χ1) is 7.40. The molecule has 1 aromatic rings. The van der Waals surface area contributed by atoms with Crippen molar-refractivity contribution >= 4 is 28.3 Å². The van der Waals surface area contributed by atoms with Gasteiger partial charge in [0.25, 0.3) is 0 Å². The third-order valence-corrected chi connectivity index (χ3v) is 2.91. The van der Waals surface area contributed by atoms with Gasteiger partial charge in [0, 0.05) is 6.04 Å². The Balaban J connectivity index is 2.72. The molecule has 0 aliphatic rings. The van der Waals surface area contributed by atoms with Crippen LogP contribution in [0, 0.1) is 6.92 Å². The Labute approximate surface area is 97.5 Å². The van der Waals surface area contributed by atoms with Crippen molar-refractivity contribution in [1.82, 2.24) is 5.32 Å². The van der Waals surface area contributed by atoms with E-state index in [1.165, 1.54) is 0 Å². The maximum absolute atomic E-state index is 11.4.